The first kappa shape index (κ1) is 15.5. The molecule has 1 aromatic carbocycles. The molecule has 0 saturated carbocycles. The highest BCUT2D eigenvalue weighted by molar-refractivity contribution is 7.80. The summed E-state index contributed by atoms with van der Waals surface area (Å²) in [6.45, 7) is 10.1. The molecular formula is C16H26N2OS. The number of ether oxygens (including phenoxy) is 1. The van der Waals surface area contributed by atoms with Crippen molar-refractivity contribution in [2.75, 3.05) is 50.5 Å². The first-order valence-corrected chi connectivity index (χ1v) is 7.89. The van der Waals surface area contributed by atoms with Crippen molar-refractivity contribution in [3.8, 4) is 5.75 Å². The molecular weight excluding hydrogens is 268 g/mol. The van der Waals surface area contributed by atoms with Gasteiger partial charge in [-0.25, -0.2) is 0 Å². The minimum atomic E-state index is 0.293. The Kier molecular flexibility index (Phi) is 5.22. The van der Waals surface area contributed by atoms with Crippen LogP contribution < -0.4 is 9.64 Å². The SMILES string of the molecule is COc1cccc(N2CCN(CC(C)(C)CS)CC2)c1. The second kappa shape index (κ2) is 6.72. The van der Waals surface area contributed by atoms with Gasteiger partial charge >= 0.3 is 0 Å². The molecule has 0 amide bonds. The third-order valence-corrected chi connectivity index (χ3v) is 4.73. The fourth-order valence-electron chi connectivity index (χ4n) is 2.63. The molecule has 2 rings (SSSR count). The summed E-state index contributed by atoms with van der Waals surface area (Å²) >= 11 is 4.45. The molecule has 1 fully saturated rings. The maximum atomic E-state index is 5.30. The van der Waals surface area contributed by atoms with Crippen LogP contribution in [0.1, 0.15) is 13.8 Å². The molecule has 0 aliphatic carbocycles. The van der Waals surface area contributed by atoms with Gasteiger partial charge in [-0.05, 0) is 23.3 Å². The monoisotopic (exact) mass is 294 g/mol. The molecule has 0 N–H and O–H groups in total. The fraction of sp³-hybridized carbons (Fsp3) is 0.625. The van der Waals surface area contributed by atoms with E-state index in [1.165, 1.54) is 5.69 Å². The minimum absolute atomic E-state index is 0.293. The van der Waals surface area contributed by atoms with Gasteiger partial charge in [-0.3, -0.25) is 4.90 Å². The van der Waals surface area contributed by atoms with Gasteiger partial charge in [0.1, 0.15) is 5.75 Å². The first-order valence-electron chi connectivity index (χ1n) is 7.26. The van der Waals surface area contributed by atoms with E-state index in [0.717, 1.165) is 44.2 Å². The van der Waals surface area contributed by atoms with E-state index in [0.29, 0.717) is 5.41 Å². The molecule has 0 radical (unpaired) electrons. The van der Waals surface area contributed by atoms with Crippen molar-refractivity contribution >= 4 is 18.3 Å². The molecule has 4 heteroatoms. The summed E-state index contributed by atoms with van der Waals surface area (Å²) in [5.74, 6) is 1.87. The third kappa shape index (κ3) is 4.06. The van der Waals surface area contributed by atoms with Gasteiger partial charge in [-0.15, -0.1) is 0 Å². The molecule has 112 valence electrons. The summed E-state index contributed by atoms with van der Waals surface area (Å²) in [5, 5.41) is 0. The molecule has 0 unspecified atom stereocenters. The smallest absolute Gasteiger partial charge is 0.120 e. The molecule has 0 bridgehead atoms. The van der Waals surface area contributed by atoms with E-state index >= 15 is 0 Å². The fourth-order valence-corrected chi connectivity index (χ4v) is 2.73. The number of nitrogens with zero attached hydrogens (tertiary/aromatic N) is 2. The molecule has 0 spiro atoms. The van der Waals surface area contributed by atoms with Crippen LogP contribution in [0.15, 0.2) is 24.3 Å². The van der Waals surface area contributed by atoms with Crippen molar-refractivity contribution in [3.05, 3.63) is 24.3 Å². The van der Waals surface area contributed by atoms with E-state index in [-0.39, 0.29) is 0 Å². The van der Waals surface area contributed by atoms with Crippen molar-refractivity contribution in [2.45, 2.75) is 13.8 Å². The van der Waals surface area contributed by atoms with Crippen molar-refractivity contribution in [3.63, 3.8) is 0 Å². The summed E-state index contributed by atoms with van der Waals surface area (Å²) in [7, 11) is 1.72. The zero-order valence-corrected chi connectivity index (χ0v) is 13.7. The van der Waals surface area contributed by atoms with Crippen molar-refractivity contribution in [1.29, 1.82) is 0 Å². The van der Waals surface area contributed by atoms with Crippen LogP contribution >= 0.6 is 12.6 Å². The largest absolute Gasteiger partial charge is 0.497 e. The van der Waals surface area contributed by atoms with Crippen LogP contribution in [0.5, 0.6) is 5.75 Å². The average Bonchev–Trinajstić information content (AvgIpc) is 2.48. The van der Waals surface area contributed by atoms with Gasteiger partial charge in [0.2, 0.25) is 0 Å². The Balaban J connectivity index is 1.90. The first-order chi connectivity index (χ1) is 9.54. The summed E-state index contributed by atoms with van der Waals surface area (Å²) in [5.41, 5.74) is 1.55. The predicted molar refractivity (Wildman–Crippen MR) is 89.3 cm³/mol. The van der Waals surface area contributed by atoms with Crippen LogP contribution in [-0.2, 0) is 0 Å². The number of anilines is 1. The topological polar surface area (TPSA) is 15.7 Å². The van der Waals surface area contributed by atoms with Gasteiger partial charge in [-0.2, -0.15) is 12.6 Å². The lowest BCUT2D eigenvalue weighted by molar-refractivity contribution is 0.185. The Morgan fingerprint density at radius 3 is 2.50 bits per heavy atom. The standard InChI is InChI=1S/C16H26N2OS/c1-16(2,13-20)12-17-7-9-18(10-8-17)14-5-4-6-15(11-14)19-3/h4-6,11,20H,7-10,12-13H2,1-3H3. The minimum Gasteiger partial charge on any atom is -0.497 e. The van der Waals surface area contributed by atoms with Crippen molar-refractivity contribution in [2.24, 2.45) is 5.41 Å². The van der Waals surface area contributed by atoms with Crippen LogP contribution in [0.3, 0.4) is 0 Å². The maximum absolute atomic E-state index is 5.30. The van der Waals surface area contributed by atoms with E-state index in [1.807, 2.05) is 6.07 Å². The average molecular weight is 294 g/mol. The normalized spacial score (nSPS) is 17.3. The van der Waals surface area contributed by atoms with Crippen molar-refractivity contribution in [1.82, 2.24) is 4.90 Å². The quantitative estimate of drug-likeness (QED) is 0.841. The maximum Gasteiger partial charge on any atom is 0.120 e. The van der Waals surface area contributed by atoms with E-state index < -0.39 is 0 Å². The molecule has 1 aliphatic heterocycles. The van der Waals surface area contributed by atoms with Crippen LogP contribution in [0.25, 0.3) is 0 Å². The number of piperazine rings is 1. The highest BCUT2D eigenvalue weighted by Crippen LogP contribution is 2.24. The lowest BCUT2D eigenvalue weighted by atomic mass is 9.95. The van der Waals surface area contributed by atoms with Crippen LogP contribution in [-0.4, -0.2) is 50.5 Å². The lowest BCUT2D eigenvalue weighted by Crippen LogP contribution is -2.49. The highest BCUT2D eigenvalue weighted by Gasteiger charge is 2.24. The van der Waals surface area contributed by atoms with Gasteiger partial charge in [-0.1, -0.05) is 19.9 Å². The summed E-state index contributed by atoms with van der Waals surface area (Å²) in [4.78, 5) is 4.99. The molecule has 1 aliphatic rings. The van der Waals surface area contributed by atoms with Crippen LogP contribution in [0, 0.1) is 5.41 Å². The zero-order chi connectivity index (χ0) is 14.6. The second-order valence-corrected chi connectivity index (χ2v) is 6.60. The number of hydrogen-bond donors (Lipinski definition) is 1. The Morgan fingerprint density at radius 1 is 1.20 bits per heavy atom. The highest BCUT2D eigenvalue weighted by atomic mass is 32.1. The van der Waals surface area contributed by atoms with E-state index in [4.69, 9.17) is 4.74 Å². The number of hydrogen-bond acceptors (Lipinski definition) is 4. The predicted octanol–water partition coefficient (Wildman–Crippen LogP) is 2.77. The number of benzene rings is 1. The summed E-state index contributed by atoms with van der Waals surface area (Å²) in [6.07, 6.45) is 0. The van der Waals surface area contributed by atoms with Gasteiger partial charge in [0.15, 0.2) is 0 Å². The second-order valence-electron chi connectivity index (χ2n) is 6.29. The van der Waals surface area contributed by atoms with Crippen LogP contribution in [0.2, 0.25) is 0 Å². The lowest BCUT2D eigenvalue weighted by Gasteiger charge is -2.39. The van der Waals surface area contributed by atoms with Gasteiger partial charge in [0, 0.05) is 44.5 Å². The molecule has 1 saturated heterocycles. The van der Waals surface area contributed by atoms with Crippen molar-refractivity contribution < 1.29 is 4.74 Å². The Bertz CT molecular complexity index is 428. The van der Waals surface area contributed by atoms with Gasteiger partial charge in [0.25, 0.3) is 0 Å². The number of rotatable bonds is 5. The molecule has 20 heavy (non-hydrogen) atoms. The third-order valence-electron chi connectivity index (χ3n) is 3.87. The molecule has 1 heterocycles. The summed E-state index contributed by atoms with van der Waals surface area (Å²) < 4.78 is 5.30. The van der Waals surface area contributed by atoms with E-state index in [2.05, 4.69) is 54.5 Å². The Labute approximate surface area is 128 Å². The van der Waals surface area contributed by atoms with E-state index in [9.17, 15) is 0 Å². The molecule has 3 nitrogen and oxygen atoms in total. The summed E-state index contributed by atoms with van der Waals surface area (Å²) in [6, 6.07) is 8.34. The molecule has 0 aromatic heterocycles. The Hall–Kier alpha value is -0.870. The number of thiol groups is 1. The van der Waals surface area contributed by atoms with Gasteiger partial charge < -0.3 is 9.64 Å². The molecule has 1 aromatic rings. The molecule has 0 atom stereocenters. The Morgan fingerprint density at radius 2 is 1.90 bits per heavy atom. The van der Waals surface area contributed by atoms with Crippen LogP contribution in [0.4, 0.5) is 5.69 Å². The number of methoxy groups -OCH3 is 1. The zero-order valence-electron chi connectivity index (χ0n) is 12.8. The van der Waals surface area contributed by atoms with Gasteiger partial charge in [0.05, 0.1) is 7.11 Å². The van der Waals surface area contributed by atoms with E-state index in [1.54, 1.807) is 7.11 Å².